The summed E-state index contributed by atoms with van der Waals surface area (Å²) in [4.78, 5) is 7.04. The number of hydrogen-bond donors (Lipinski definition) is 1. The molecule has 1 unspecified atom stereocenters. The normalized spacial score (nSPS) is 19.1. The van der Waals surface area contributed by atoms with Crippen LogP contribution in [0.2, 0.25) is 0 Å². The molecule has 1 fully saturated rings. The first-order chi connectivity index (χ1) is 7.75. The van der Waals surface area contributed by atoms with Gasteiger partial charge in [0.25, 0.3) is 0 Å². The number of nitrogens with one attached hydrogen (secondary N) is 1. The SMILES string of the molecule is Cc1csc(C(C)NCCN2CCCC2)n1. The van der Waals surface area contributed by atoms with Crippen LogP contribution in [0.1, 0.15) is 36.5 Å². The van der Waals surface area contributed by atoms with Crippen molar-refractivity contribution in [2.75, 3.05) is 26.2 Å². The van der Waals surface area contributed by atoms with Crippen molar-refractivity contribution in [2.45, 2.75) is 32.7 Å². The zero-order chi connectivity index (χ0) is 11.4. The van der Waals surface area contributed by atoms with Crippen molar-refractivity contribution in [2.24, 2.45) is 0 Å². The van der Waals surface area contributed by atoms with E-state index in [2.05, 4.69) is 34.4 Å². The zero-order valence-electron chi connectivity index (χ0n) is 10.2. The number of aryl methyl sites for hydroxylation is 1. The van der Waals surface area contributed by atoms with Crippen molar-refractivity contribution in [1.29, 1.82) is 0 Å². The first kappa shape index (κ1) is 12.0. The molecule has 0 spiro atoms. The Kier molecular flexibility index (Phi) is 4.32. The van der Waals surface area contributed by atoms with Gasteiger partial charge in [-0.1, -0.05) is 0 Å². The summed E-state index contributed by atoms with van der Waals surface area (Å²) in [5.74, 6) is 0. The molecule has 16 heavy (non-hydrogen) atoms. The van der Waals surface area contributed by atoms with Crippen LogP contribution in [0, 0.1) is 6.92 Å². The molecule has 1 atom stereocenters. The Morgan fingerprint density at radius 1 is 1.50 bits per heavy atom. The molecule has 2 heterocycles. The van der Waals surface area contributed by atoms with Crippen LogP contribution in [0.25, 0.3) is 0 Å². The number of aromatic nitrogens is 1. The van der Waals surface area contributed by atoms with Gasteiger partial charge in [-0.25, -0.2) is 4.98 Å². The third kappa shape index (κ3) is 3.27. The Labute approximate surface area is 102 Å². The third-order valence-electron chi connectivity index (χ3n) is 3.08. The van der Waals surface area contributed by atoms with Gasteiger partial charge in [0.2, 0.25) is 0 Å². The number of rotatable bonds is 5. The van der Waals surface area contributed by atoms with Gasteiger partial charge in [0.05, 0.1) is 6.04 Å². The molecule has 3 nitrogen and oxygen atoms in total. The minimum atomic E-state index is 0.390. The van der Waals surface area contributed by atoms with E-state index in [1.54, 1.807) is 11.3 Å². The van der Waals surface area contributed by atoms with Gasteiger partial charge in [-0.2, -0.15) is 0 Å². The van der Waals surface area contributed by atoms with E-state index >= 15 is 0 Å². The van der Waals surface area contributed by atoms with E-state index < -0.39 is 0 Å². The molecule has 90 valence electrons. The smallest absolute Gasteiger partial charge is 0.110 e. The van der Waals surface area contributed by atoms with Gasteiger partial charge in [0.15, 0.2) is 0 Å². The van der Waals surface area contributed by atoms with Crippen LogP contribution < -0.4 is 5.32 Å². The van der Waals surface area contributed by atoms with E-state index in [1.165, 1.54) is 37.5 Å². The molecule has 0 aromatic carbocycles. The van der Waals surface area contributed by atoms with E-state index in [4.69, 9.17) is 0 Å². The van der Waals surface area contributed by atoms with Crippen LogP contribution in [0.5, 0.6) is 0 Å². The van der Waals surface area contributed by atoms with E-state index in [0.717, 1.165) is 12.2 Å². The summed E-state index contributed by atoms with van der Waals surface area (Å²) in [6, 6.07) is 0.390. The molecular weight excluding hydrogens is 218 g/mol. The highest BCUT2D eigenvalue weighted by molar-refractivity contribution is 7.09. The number of thiazole rings is 1. The largest absolute Gasteiger partial charge is 0.307 e. The van der Waals surface area contributed by atoms with Crippen molar-refractivity contribution in [3.05, 3.63) is 16.1 Å². The van der Waals surface area contributed by atoms with Crippen molar-refractivity contribution in [1.82, 2.24) is 15.2 Å². The Morgan fingerprint density at radius 3 is 2.88 bits per heavy atom. The monoisotopic (exact) mass is 239 g/mol. The zero-order valence-corrected chi connectivity index (χ0v) is 11.0. The summed E-state index contributed by atoms with van der Waals surface area (Å²) in [5.41, 5.74) is 1.13. The molecule has 1 saturated heterocycles. The van der Waals surface area contributed by atoms with Gasteiger partial charge in [0.1, 0.15) is 5.01 Å². The maximum absolute atomic E-state index is 4.50. The lowest BCUT2D eigenvalue weighted by Gasteiger charge is -2.17. The Morgan fingerprint density at radius 2 is 2.25 bits per heavy atom. The lowest BCUT2D eigenvalue weighted by atomic mass is 10.3. The summed E-state index contributed by atoms with van der Waals surface area (Å²) in [6.45, 7) is 9.06. The van der Waals surface area contributed by atoms with Gasteiger partial charge < -0.3 is 10.2 Å². The van der Waals surface area contributed by atoms with Crippen LogP contribution in [-0.2, 0) is 0 Å². The quantitative estimate of drug-likeness (QED) is 0.854. The van der Waals surface area contributed by atoms with Gasteiger partial charge >= 0.3 is 0 Å². The first-order valence-corrected chi connectivity index (χ1v) is 7.01. The van der Waals surface area contributed by atoms with E-state index in [1.807, 2.05) is 0 Å². The lowest BCUT2D eigenvalue weighted by Crippen LogP contribution is -2.31. The molecule has 1 aromatic heterocycles. The van der Waals surface area contributed by atoms with Crippen LogP contribution in [0.4, 0.5) is 0 Å². The highest BCUT2D eigenvalue weighted by Crippen LogP contribution is 2.17. The minimum absolute atomic E-state index is 0.390. The molecule has 2 rings (SSSR count). The van der Waals surface area contributed by atoms with Gasteiger partial charge in [-0.15, -0.1) is 11.3 Å². The van der Waals surface area contributed by atoms with Crippen molar-refractivity contribution in [3.63, 3.8) is 0 Å². The Balaban J connectivity index is 1.69. The summed E-state index contributed by atoms with van der Waals surface area (Å²) < 4.78 is 0. The van der Waals surface area contributed by atoms with Crippen molar-refractivity contribution < 1.29 is 0 Å². The predicted octanol–water partition coefficient (Wildman–Crippen LogP) is 2.20. The number of nitrogens with zero attached hydrogens (tertiary/aromatic N) is 2. The van der Waals surface area contributed by atoms with Gasteiger partial charge in [-0.3, -0.25) is 0 Å². The lowest BCUT2D eigenvalue weighted by molar-refractivity contribution is 0.329. The number of hydrogen-bond acceptors (Lipinski definition) is 4. The molecule has 0 saturated carbocycles. The molecule has 0 aliphatic carbocycles. The fraction of sp³-hybridized carbons (Fsp3) is 0.750. The van der Waals surface area contributed by atoms with Crippen molar-refractivity contribution in [3.8, 4) is 0 Å². The van der Waals surface area contributed by atoms with Gasteiger partial charge in [0, 0.05) is 24.2 Å². The highest BCUT2D eigenvalue weighted by atomic mass is 32.1. The Hall–Kier alpha value is -0.450. The molecule has 1 aliphatic rings. The second kappa shape index (κ2) is 5.75. The minimum Gasteiger partial charge on any atom is -0.307 e. The Bertz CT molecular complexity index is 318. The van der Waals surface area contributed by atoms with Crippen molar-refractivity contribution >= 4 is 11.3 Å². The summed E-state index contributed by atoms with van der Waals surface area (Å²) in [5, 5.41) is 6.87. The van der Waals surface area contributed by atoms with E-state index in [9.17, 15) is 0 Å². The average molecular weight is 239 g/mol. The topological polar surface area (TPSA) is 28.2 Å². The highest BCUT2D eigenvalue weighted by Gasteiger charge is 2.12. The van der Waals surface area contributed by atoms with E-state index in [0.29, 0.717) is 6.04 Å². The van der Waals surface area contributed by atoms with Crippen LogP contribution in [0.3, 0.4) is 0 Å². The molecule has 1 aliphatic heterocycles. The second-order valence-corrected chi connectivity index (χ2v) is 5.44. The summed E-state index contributed by atoms with van der Waals surface area (Å²) in [6.07, 6.45) is 2.75. The molecule has 1 N–H and O–H groups in total. The third-order valence-corrected chi connectivity index (χ3v) is 4.23. The summed E-state index contributed by atoms with van der Waals surface area (Å²) in [7, 11) is 0. The van der Waals surface area contributed by atoms with Crippen LogP contribution >= 0.6 is 11.3 Å². The molecule has 0 bridgehead atoms. The average Bonchev–Trinajstić information content (AvgIpc) is 2.89. The molecule has 4 heteroatoms. The maximum Gasteiger partial charge on any atom is 0.110 e. The summed E-state index contributed by atoms with van der Waals surface area (Å²) >= 11 is 1.75. The standard InChI is InChI=1S/C12H21N3S/c1-10-9-16-12(14-10)11(2)13-5-8-15-6-3-4-7-15/h9,11,13H,3-8H2,1-2H3. The fourth-order valence-electron chi connectivity index (χ4n) is 2.10. The fourth-order valence-corrected chi connectivity index (χ4v) is 2.93. The van der Waals surface area contributed by atoms with Crippen LogP contribution in [0.15, 0.2) is 5.38 Å². The van der Waals surface area contributed by atoms with Gasteiger partial charge in [-0.05, 0) is 39.8 Å². The molecule has 0 amide bonds. The van der Waals surface area contributed by atoms with E-state index in [-0.39, 0.29) is 0 Å². The van der Waals surface area contributed by atoms with Crippen LogP contribution in [-0.4, -0.2) is 36.1 Å². The molecule has 1 aromatic rings. The maximum atomic E-state index is 4.50. The predicted molar refractivity (Wildman–Crippen MR) is 68.9 cm³/mol. The molecular formula is C12H21N3S. The number of likely N-dealkylation sites (tertiary alicyclic amines) is 1. The molecule has 0 radical (unpaired) electrons. The first-order valence-electron chi connectivity index (χ1n) is 6.13. The second-order valence-electron chi connectivity index (χ2n) is 4.55.